The topological polar surface area (TPSA) is 32.8 Å². The molecular weight excluding hydrogens is 360 g/mol. The third-order valence-corrected chi connectivity index (χ3v) is 6.22. The normalized spacial score (nSPS) is 16.9. The van der Waals surface area contributed by atoms with E-state index in [0.29, 0.717) is 5.69 Å². The number of hydrogen-bond donors (Lipinski definition) is 0. The maximum absolute atomic E-state index is 13.0. The Balaban J connectivity index is 1.38. The number of aromatic nitrogens is 1. The summed E-state index contributed by atoms with van der Waals surface area (Å²) in [5.41, 5.74) is 4.76. The predicted molar refractivity (Wildman–Crippen MR) is 115 cm³/mol. The molecule has 2 aromatic carbocycles. The van der Waals surface area contributed by atoms with Gasteiger partial charge < -0.3 is 14.4 Å². The Bertz CT molecular complexity index is 1120. The van der Waals surface area contributed by atoms with Crippen LogP contribution in [0.4, 0.5) is 5.69 Å². The number of carbonyl (C=O) groups is 1. The van der Waals surface area contributed by atoms with E-state index < -0.39 is 0 Å². The smallest absolute Gasteiger partial charge is 0.254 e. The molecule has 0 aliphatic carbocycles. The average molecular weight is 384 g/mol. The molecule has 1 saturated heterocycles. The quantitative estimate of drug-likeness (QED) is 0.629. The van der Waals surface area contributed by atoms with Crippen LogP contribution in [0.1, 0.15) is 28.8 Å². The highest BCUT2D eigenvalue weighted by atomic mass is 16.2. The van der Waals surface area contributed by atoms with Gasteiger partial charge in [0.2, 0.25) is 0 Å². The summed E-state index contributed by atoms with van der Waals surface area (Å²) >= 11 is 0. The van der Waals surface area contributed by atoms with Crippen LogP contribution < -0.4 is 0 Å². The molecule has 3 aromatic rings. The molecule has 5 rings (SSSR count). The van der Waals surface area contributed by atoms with Gasteiger partial charge in [-0.1, -0.05) is 6.07 Å². The first-order valence-corrected chi connectivity index (χ1v) is 10.4. The number of fused-ring (bicyclic) bond motifs is 2. The van der Waals surface area contributed by atoms with Gasteiger partial charge in [0.05, 0.1) is 12.1 Å². The van der Waals surface area contributed by atoms with Crippen molar-refractivity contribution in [3.05, 3.63) is 71.2 Å². The van der Waals surface area contributed by atoms with Gasteiger partial charge in [-0.25, -0.2) is 4.85 Å². The van der Waals surface area contributed by atoms with Gasteiger partial charge in [0.15, 0.2) is 5.69 Å². The van der Waals surface area contributed by atoms with Crippen molar-refractivity contribution in [3.8, 4) is 5.69 Å². The Morgan fingerprint density at radius 1 is 0.966 bits per heavy atom. The maximum Gasteiger partial charge on any atom is 0.254 e. The van der Waals surface area contributed by atoms with Crippen LogP contribution in [0, 0.1) is 6.57 Å². The molecule has 0 bridgehead atoms. The number of hydrogen-bond acceptors (Lipinski definition) is 2. The van der Waals surface area contributed by atoms with Gasteiger partial charge in [-0.15, -0.1) is 0 Å². The third kappa shape index (κ3) is 3.30. The van der Waals surface area contributed by atoms with Crippen molar-refractivity contribution in [2.45, 2.75) is 19.3 Å². The Kier molecular flexibility index (Phi) is 4.57. The molecule has 2 aliphatic heterocycles. The molecule has 3 heterocycles. The van der Waals surface area contributed by atoms with Crippen LogP contribution in [0.25, 0.3) is 21.4 Å². The fourth-order valence-electron chi connectivity index (χ4n) is 4.58. The van der Waals surface area contributed by atoms with Gasteiger partial charge in [0.1, 0.15) is 0 Å². The van der Waals surface area contributed by atoms with Crippen molar-refractivity contribution in [1.29, 1.82) is 0 Å². The molecule has 1 amide bonds. The first kappa shape index (κ1) is 18.0. The van der Waals surface area contributed by atoms with Crippen LogP contribution in [0.2, 0.25) is 0 Å². The lowest BCUT2D eigenvalue weighted by Crippen LogP contribution is -2.42. The minimum Gasteiger partial charge on any atom is -0.337 e. The van der Waals surface area contributed by atoms with Gasteiger partial charge in [-0.05, 0) is 79.7 Å². The molecule has 0 saturated carbocycles. The molecule has 2 aliphatic rings. The van der Waals surface area contributed by atoms with E-state index in [1.165, 1.54) is 25.9 Å². The van der Waals surface area contributed by atoms with Crippen LogP contribution >= 0.6 is 0 Å². The molecule has 0 N–H and O–H groups in total. The Morgan fingerprint density at radius 2 is 1.83 bits per heavy atom. The molecule has 29 heavy (non-hydrogen) atoms. The Labute approximate surface area is 171 Å². The second-order valence-corrected chi connectivity index (χ2v) is 7.97. The summed E-state index contributed by atoms with van der Waals surface area (Å²) in [6.45, 7) is 12.1. The maximum atomic E-state index is 13.0. The summed E-state index contributed by atoms with van der Waals surface area (Å²) in [6, 6.07) is 14.0. The number of likely N-dealkylation sites (tertiary alicyclic amines) is 1. The second-order valence-electron chi connectivity index (χ2n) is 7.97. The predicted octanol–water partition coefficient (Wildman–Crippen LogP) is 4.28. The largest absolute Gasteiger partial charge is 0.337 e. The minimum absolute atomic E-state index is 0.163. The van der Waals surface area contributed by atoms with E-state index in [-0.39, 0.29) is 5.91 Å². The van der Waals surface area contributed by atoms with Crippen LogP contribution in [-0.4, -0.2) is 53.0 Å². The highest BCUT2D eigenvalue weighted by Gasteiger charge is 2.25. The van der Waals surface area contributed by atoms with Crippen molar-refractivity contribution in [2.24, 2.45) is 0 Å². The van der Waals surface area contributed by atoms with Gasteiger partial charge in [0.25, 0.3) is 5.91 Å². The van der Waals surface area contributed by atoms with Crippen LogP contribution in [0.3, 0.4) is 0 Å². The monoisotopic (exact) mass is 384 g/mol. The van der Waals surface area contributed by atoms with E-state index in [1.807, 2.05) is 47.5 Å². The fraction of sp³-hybridized carbons (Fsp3) is 0.333. The summed E-state index contributed by atoms with van der Waals surface area (Å²) in [7, 11) is 0. The highest BCUT2D eigenvalue weighted by molar-refractivity contribution is 5.97. The first-order chi connectivity index (χ1) is 14.2. The SMILES string of the molecule is [C-]#[N+]c1ccc2c(ccn2-c2ccc3c(c2)CCN(CCN2CCCC2)C3=O)c1. The lowest BCUT2D eigenvalue weighted by molar-refractivity contribution is 0.0724. The van der Waals surface area contributed by atoms with E-state index >= 15 is 0 Å². The van der Waals surface area contributed by atoms with Gasteiger partial charge in [-0.2, -0.15) is 0 Å². The van der Waals surface area contributed by atoms with Crippen LogP contribution in [-0.2, 0) is 6.42 Å². The summed E-state index contributed by atoms with van der Waals surface area (Å²) < 4.78 is 2.13. The molecule has 5 heteroatoms. The number of benzene rings is 2. The fourth-order valence-corrected chi connectivity index (χ4v) is 4.58. The standard InChI is InChI=1S/C24H24N4O/c1-25-20-4-7-23-19(16-20)9-13-28(23)21-5-6-22-18(17-21)8-12-27(24(22)29)15-14-26-10-2-3-11-26/h4-7,9,13,16-17H,2-3,8,10-12,14-15H2. The molecule has 0 unspecified atom stereocenters. The third-order valence-electron chi connectivity index (χ3n) is 6.22. The van der Waals surface area contributed by atoms with E-state index in [9.17, 15) is 4.79 Å². The van der Waals surface area contributed by atoms with Crippen molar-refractivity contribution >= 4 is 22.5 Å². The van der Waals surface area contributed by atoms with E-state index in [4.69, 9.17) is 6.57 Å². The van der Waals surface area contributed by atoms with E-state index in [0.717, 1.165) is 53.8 Å². The molecule has 5 nitrogen and oxygen atoms in total. The van der Waals surface area contributed by atoms with Crippen LogP contribution in [0.5, 0.6) is 0 Å². The molecule has 0 atom stereocenters. The molecule has 0 radical (unpaired) electrons. The zero-order valence-corrected chi connectivity index (χ0v) is 16.5. The lowest BCUT2D eigenvalue weighted by Gasteiger charge is -2.30. The number of amides is 1. The lowest BCUT2D eigenvalue weighted by atomic mass is 9.98. The minimum atomic E-state index is 0.163. The summed E-state index contributed by atoms with van der Waals surface area (Å²) in [5.74, 6) is 0.163. The molecule has 1 fully saturated rings. The van der Waals surface area contributed by atoms with E-state index in [2.05, 4.69) is 20.4 Å². The van der Waals surface area contributed by atoms with Gasteiger partial charge in [-0.3, -0.25) is 4.79 Å². The number of carbonyl (C=O) groups excluding carboxylic acids is 1. The van der Waals surface area contributed by atoms with Gasteiger partial charge >= 0.3 is 0 Å². The Hall–Kier alpha value is -3.10. The van der Waals surface area contributed by atoms with Crippen molar-refractivity contribution < 1.29 is 4.79 Å². The second kappa shape index (κ2) is 7.38. The van der Waals surface area contributed by atoms with Crippen LogP contribution in [0.15, 0.2) is 48.7 Å². The molecular formula is C24H24N4O. The summed E-state index contributed by atoms with van der Waals surface area (Å²) in [6.07, 6.45) is 5.50. The average Bonchev–Trinajstić information content (AvgIpc) is 3.42. The number of nitrogens with zero attached hydrogens (tertiary/aromatic N) is 4. The summed E-state index contributed by atoms with van der Waals surface area (Å²) in [5, 5.41) is 1.06. The number of rotatable bonds is 4. The van der Waals surface area contributed by atoms with Crippen molar-refractivity contribution in [3.63, 3.8) is 0 Å². The van der Waals surface area contributed by atoms with E-state index in [1.54, 1.807) is 0 Å². The highest BCUT2D eigenvalue weighted by Crippen LogP contribution is 2.27. The zero-order valence-electron chi connectivity index (χ0n) is 16.5. The first-order valence-electron chi connectivity index (χ1n) is 10.4. The van der Waals surface area contributed by atoms with Crippen molar-refractivity contribution in [1.82, 2.24) is 14.4 Å². The van der Waals surface area contributed by atoms with Gasteiger partial charge in [0, 0.05) is 37.1 Å². The zero-order chi connectivity index (χ0) is 19.8. The summed E-state index contributed by atoms with van der Waals surface area (Å²) in [4.78, 5) is 21.0. The molecule has 146 valence electrons. The Morgan fingerprint density at radius 3 is 2.66 bits per heavy atom. The van der Waals surface area contributed by atoms with Crippen molar-refractivity contribution in [2.75, 3.05) is 32.7 Å². The molecule has 0 spiro atoms. The molecule has 1 aromatic heterocycles.